The normalized spacial score (nSPS) is 15.5. The quantitative estimate of drug-likeness (QED) is 0.797. The number of hydrogen-bond acceptors (Lipinski definition) is 5. The Balaban J connectivity index is 1.72. The fourth-order valence-corrected chi connectivity index (χ4v) is 3.20. The number of nitrogens with zero attached hydrogens (tertiary/aromatic N) is 1. The third-order valence-corrected chi connectivity index (χ3v) is 4.68. The predicted octanol–water partition coefficient (Wildman–Crippen LogP) is 3.50. The molecule has 0 spiro atoms. The Bertz CT molecular complexity index is 902. The molecule has 8 heteroatoms. The topological polar surface area (TPSA) is 77.1 Å². The Morgan fingerprint density at radius 3 is 2.64 bits per heavy atom. The Hall–Kier alpha value is -2.93. The van der Waals surface area contributed by atoms with Gasteiger partial charge in [-0.2, -0.15) is 0 Å². The van der Waals surface area contributed by atoms with Crippen molar-refractivity contribution >= 4 is 34.8 Å². The zero-order valence-corrected chi connectivity index (χ0v) is 16.6. The van der Waals surface area contributed by atoms with Crippen LogP contribution < -0.4 is 24.4 Å². The molecule has 0 bridgehead atoms. The molecule has 3 rings (SSSR count). The lowest BCUT2D eigenvalue weighted by Gasteiger charge is -2.32. The van der Waals surface area contributed by atoms with Gasteiger partial charge in [0.1, 0.15) is 17.2 Å². The number of carbonyl (C=O) groups is 2. The van der Waals surface area contributed by atoms with Crippen LogP contribution in [0.5, 0.6) is 17.2 Å². The van der Waals surface area contributed by atoms with E-state index in [0.29, 0.717) is 33.6 Å². The number of fused-ring (bicyclic) bond motifs is 1. The van der Waals surface area contributed by atoms with Crippen molar-refractivity contribution in [3.8, 4) is 17.2 Å². The minimum absolute atomic E-state index is 0.0981. The molecule has 2 aromatic carbocycles. The minimum atomic E-state index is -0.599. The minimum Gasteiger partial charge on any atom is -0.495 e. The van der Waals surface area contributed by atoms with Gasteiger partial charge in [-0.15, -0.1) is 0 Å². The average Bonchev–Trinajstić information content (AvgIpc) is 2.69. The molecule has 1 heterocycles. The van der Waals surface area contributed by atoms with Crippen LogP contribution in [0.4, 0.5) is 11.4 Å². The third-order valence-electron chi connectivity index (χ3n) is 4.38. The van der Waals surface area contributed by atoms with Gasteiger partial charge >= 0.3 is 0 Å². The molecule has 1 N–H and O–H groups in total. The highest BCUT2D eigenvalue weighted by molar-refractivity contribution is 6.32. The molecule has 0 saturated heterocycles. The molecular weight excluding hydrogens is 384 g/mol. The first-order valence-corrected chi connectivity index (χ1v) is 9.10. The number of para-hydroxylation sites is 2. The lowest BCUT2D eigenvalue weighted by atomic mass is 10.1. The monoisotopic (exact) mass is 404 g/mol. The van der Waals surface area contributed by atoms with Crippen molar-refractivity contribution in [3.63, 3.8) is 0 Å². The predicted molar refractivity (Wildman–Crippen MR) is 107 cm³/mol. The van der Waals surface area contributed by atoms with Crippen molar-refractivity contribution in [3.05, 3.63) is 41.4 Å². The highest BCUT2D eigenvalue weighted by atomic mass is 35.5. The maximum Gasteiger partial charge on any atom is 0.267 e. The highest BCUT2D eigenvalue weighted by Crippen LogP contribution is 2.36. The van der Waals surface area contributed by atoms with Crippen molar-refractivity contribution in [2.45, 2.75) is 19.4 Å². The summed E-state index contributed by atoms with van der Waals surface area (Å²) < 4.78 is 16.1. The van der Waals surface area contributed by atoms with Gasteiger partial charge in [-0.25, -0.2) is 0 Å². The number of benzene rings is 2. The summed E-state index contributed by atoms with van der Waals surface area (Å²) in [6.07, 6.45) is -0.500. The molecule has 0 fully saturated rings. The van der Waals surface area contributed by atoms with Crippen LogP contribution in [-0.2, 0) is 9.59 Å². The van der Waals surface area contributed by atoms with Crippen LogP contribution in [-0.4, -0.2) is 38.7 Å². The molecule has 0 aliphatic carbocycles. The number of anilines is 2. The SMILES string of the molecule is COc1cc(NC(=O)CCN2C(=O)[C@@H](C)Oc3ccccc32)c(OC)cc1Cl. The molecule has 1 aliphatic rings. The van der Waals surface area contributed by atoms with Crippen LogP contribution in [0, 0.1) is 0 Å². The van der Waals surface area contributed by atoms with E-state index in [1.165, 1.54) is 14.2 Å². The molecule has 2 amide bonds. The summed E-state index contributed by atoms with van der Waals surface area (Å²) in [5.41, 5.74) is 1.10. The zero-order valence-electron chi connectivity index (χ0n) is 15.8. The van der Waals surface area contributed by atoms with Crippen LogP contribution in [0.25, 0.3) is 0 Å². The van der Waals surface area contributed by atoms with Gasteiger partial charge in [-0.3, -0.25) is 9.59 Å². The molecule has 7 nitrogen and oxygen atoms in total. The molecule has 1 atom stereocenters. The number of rotatable bonds is 6. The van der Waals surface area contributed by atoms with Gasteiger partial charge in [-0.05, 0) is 19.1 Å². The number of ether oxygens (including phenoxy) is 3. The van der Waals surface area contributed by atoms with Gasteiger partial charge < -0.3 is 24.4 Å². The lowest BCUT2D eigenvalue weighted by molar-refractivity contribution is -0.125. The largest absolute Gasteiger partial charge is 0.495 e. The molecule has 0 aromatic heterocycles. The summed E-state index contributed by atoms with van der Waals surface area (Å²) in [4.78, 5) is 26.6. The van der Waals surface area contributed by atoms with E-state index in [1.807, 2.05) is 12.1 Å². The molecule has 2 aromatic rings. The van der Waals surface area contributed by atoms with Gasteiger partial charge in [0.2, 0.25) is 5.91 Å². The lowest BCUT2D eigenvalue weighted by Crippen LogP contribution is -2.45. The standard InChI is InChI=1S/C20H21ClN2O5/c1-12-20(25)23(15-6-4-5-7-16(15)28-12)9-8-19(24)22-14-11-17(26-2)13(21)10-18(14)27-3/h4-7,10-12H,8-9H2,1-3H3,(H,22,24)/t12-/m1/s1. The number of methoxy groups -OCH3 is 2. The van der Waals surface area contributed by atoms with Gasteiger partial charge in [0.25, 0.3) is 5.91 Å². The van der Waals surface area contributed by atoms with Crippen molar-refractivity contribution in [2.24, 2.45) is 0 Å². The Morgan fingerprint density at radius 2 is 1.93 bits per heavy atom. The second kappa shape index (κ2) is 8.39. The molecule has 1 aliphatic heterocycles. The van der Waals surface area contributed by atoms with E-state index in [2.05, 4.69) is 5.32 Å². The summed E-state index contributed by atoms with van der Waals surface area (Å²) >= 11 is 6.08. The molecule has 28 heavy (non-hydrogen) atoms. The van der Waals surface area contributed by atoms with Gasteiger partial charge in [0.15, 0.2) is 6.10 Å². The maximum atomic E-state index is 12.5. The number of halogens is 1. The Kier molecular flexibility index (Phi) is 5.94. The maximum absolute atomic E-state index is 12.5. The Morgan fingerprint density at radius 1 is 1.21 bits per heavy atom. The molecular formula is C20H21ClN2O5. The van der Waals surface area contributed by atoms with E-state index < -0.39 is 6.10 Å². The molecule has 0 unspecified atom stereocenters. The average molecular weight is 405 g/mol. The summed E-state index contributed by atoms with van der Waals surface area (Å²) in [6.45, 7) is 1.92. The van der Waals surface area contributed by atoms with E-state index in [-0.39, 0.29) is 24.8 Å². The van der Waals surface area contributed by atoms with Crippen LogP contribution >= 0.6 is 11.6 Å². The van der Waals surface area contributed by atoms with Crippen molar-refractivity contribution in [1.29, 1.82) is 0 Å². The van der Waals surface area contributed by atoms with Gasteiger partial charge in [0.05, 0.1) is 30.6 Å². The number of nitrogens with one attached hydrogen (secondary N) is 1. The second-order valence-corrected chi connectivity index (χ2v) is 6.61. The molecule has 0 saturated carbocycles. The first-order valence-electron chi connectivity index (χ1n) is 8.73. The van der Waals surface area contributed by atoms with E-state index in [9.17, 15) is 9.59 Å². The fraction of sp³-hybridized carbons (Fsp3) is 0.300. The van der Waals surface area contributed by atoms with E-state index in [0.717, 1.165) is 0 Å². The molecule has 0 radical (unpaired) electrons. The number of carbonyl (C=O) groups excluding carboxylic acids is 2. The summed E-state index contributed by atoms with van der Waals surface area (Å²) in [5.74, 6) is 1.01. The number of amides is 2. The molecule has 148 valence electrons. The summed E-state index contributed by atoms with van der Waals surface area (Å²) in [6, 6.07) is 10.4. The van der Waals surface area contributed by atoms with E-state index in [4.69, 9.17) is 25.8 Å². The van der Waals surface area contributed by atoms with Crippen LogP contribution in [0.15, 0.2) is 36.4 Å². The van der Waals surface area contributed by atoms with Crippen molar-refractivity contribution < 1.29 is 23.8 Å². The summed E-state index contributed by atoms with van der Waals surface area (Å²) in [5, 5.41) is 3.16. The third kappa shape index (κ3) is 3.99. The fourth-order valence-electron chi connectivity index (χ4n) is 2.97. The number of hydrogen-bond donors (Lipinski definition) is 1. The van der Waals surface area contributed by atoms with Gasteiger partial charge in [0, 0.05) is 25.1 Å². The van der Waals surface area contributed by atoms with E-state index >= 15 is 0 Å². The first kappa shape index (κ1) is 19.8. The Labute approximate surface area is 168 Å². The first-order chi connectivity index (χ1) is 13.4. The van der Waals surface area contributed by atoms with Crippen LogP contribution in [0.2, 0.25) is 5.02 Å². The van der Waals surface area contributed by atoms with Crippen molar-refractivity contribution in [1.82, 2.24) is 0 Å². The van der Waals surface area contributed by atoms with E-state index in [1.54, 1.807) is 36.1 Å². The van der Waals surface area contributed by atoms with Crippen LogP contribution in [0.3, 0.4) is 0 Å². The zero-order chi connectivity index (χ0) is 20.3. The smallest absolute Gasteiger partial charge is 0.267 e. The highest BCUT2D eigenvalue weighted by Gasteiger charge is 2.31. The van der Waals surface area contributed by atoms with Crippen LogP contribution in [0.1, 0.15) is 13.3 Å². The second-order valence-electron chi connectivity index (χ2n) is 6.20. The van der Waals surface area contributed by atoms with Gasteiger partial charge in [-0.1, -0.05) is 23.7 Å². The van der Waals surface area contributed by atoms with Crippen molar-refractivity contribution in [2.75, 3.05) is 31.0 Å². The summed E-state index contributed by atoms with van der Waals surface area (Å²) in [7, 11) is 2.97.